The van der Waals surface area contributed by atoms with Gasteiger partial charge in [0.15, 0.2) is 0 Å². The molecule has 0 saturated carbocycles. The van der Waals surface area contributed by atoms with Gasteiger partial charge in [-0.15, -0.1) is 11.3 Å². The lowest BCUT2D eigenvalue weighted by Gasteiger charge is -2.21. The lowest BCUT2D eigenvalue weighted by atomic mass is 10.1. The predicted octanol–water partition coefficient (Wildman–Crippen LogP) is 4.10. The Kier molecular flexibility index (Phi) is 4.86. The maximum atomic E-state index is 6.33. The zero-order valence-electron chi connectivity index (χ0n) is 11.3. The van der Waals surface area contributed by atoms with Crippen molar-refractivity contribution in [1.29, 1.82) is 0 Å². The van der Waals surface area contributed by atoms with E-state index in [1.165, 1.54) is 4.88 Å². The molecule has 102 valence electrons. The van der Waals surface area contributed by atoms with Gasteiger partial charge in [-0.3, -0.25) is 0 Å². The van der Waals surface area contributed by atoms with E-state index in [9.17, 15) is 0 Å². The molecule has 0 aliphatic rings. The minimum Gasteiger partial charge on any atom is -0.373 e. The van der Waals surface area contributed by atoms with E-state index in [1.807, 2.05) is 19.1 Å². The van der Waals surface area contributed by atoms with E-state index in [-0.39, 0.29) is 6.04 Å². The second-order valence-electron chi connectivity index (χ2n) is 4.75. The quantitative estimate of drug-likeness (QED) is 0.899. The van der Waals surface area contributed by atoms with E-state index in [0.717, 1.165) is 29.2 Å². The smallest absolute Gasteiger partial charge is 0.0642 e. The summed E-state index contributed by atoms with van der Waals surface area (Å²) in [6.07, 6.45) is 1.04. The van der Waals surface area contributed by atoms with Gasteiger partial charge in [-0.05, 0) is 42.5 Å². The summed E-state index contributed by atoms with van der Waals surface area (Å²) in [7, 11) is 2.07. The molecule has 2 N–H and O–H groups in total. The zero-order valence-corrected chi connectivity index (χ0v) is 12.8. The molecule has 4 heteroatoms. The van der Waals surface area contributed by atoms with Gasteiger partial charge in [0.2, 0.25) is 0 Å². The van der Waals surface area contributed by atoms with E-state index in [1.54, 1.807) is 11.3 Å². The molecule has 2 rings (SSSR count). The molecule has 1 aromatic heterocycles. The molecule has 0 bridgehead atoms. The third-order valence-electron chi connectivity index (χ3n) is 3.18. The monoisotopic (exact) mass is 294 g/mol. The van der Waals surface area contributed by atoms with Crippen molar-refractivity contribution in [3.05, 3.63) is 51.2 Å². The molecule has 1 aromatic carbocycles. The minimum absolute atomic E-state index is 0.0166. The third kappa shape index (κ3) is 3.72. The van der Waals surface area contributed by atoms with Crippen LogP contribution in [-0.2, 0) is 6.42 Å². The second kappa shape index (κ2) is 6.42. The number of likely N-dealkylation sites (N-methyl/N-ethyl adjacent to an activating group) is 1. The fourth-order valence-electron chi connectivity index (χ4n) is 1.97. The van der Waals surface area contributed by atoms with Crippen molar-refractivity contribution in [2.75, 3.05) is 18.5 Å². The fraction of sp³-hybridized carbons (Fsp3) is 0.333. The van der Waals surface area contributed by atoms with Crippen LogP contribution < -0.4 is 10.6 Å². The van der Waals surface area contributed by atoms with Gasteiger partial charge in [-0.2, -0.15) is 0 Å². The molecular weight excluding hydrogens is 276 g/mol. The van der Waals surface area contributed by atoms with Crippen LogP contribution in [0.2, 0.25) is 5.02 Å². The Morgan fingerprint density at radius 3 is 2.74 bits per heavy atom. The van der Waals surface area contributed by atoms with Crippen LogP contribution in [0.5, 0.6) is 0 Å². The summed E-state index contributed by atoms with van der Waals surface area (Å²) >= 11 is 8.13. The highest BCUT2D eigenvalue weighted by molar-refractivity contribution is 7.09. The molecule has 19 heavy (non-hydrogen) atoms. The Morgan fingerprint density at radius 1 is 1.37 bits per heavy atom. The van der Waals surface area contributed by atoms with Crippen LogP contribution in [-0.4, -0.2) is 13.6 Å². The summed E-state index contributed by atoms with van der Waals surface area (Å²) in [6, 6.07) is 10.3. The zero-order chi connectivity index (χ0) is 13.8. The fourth-order valence-corrected chi connectivity index (χ4v) is 3.00. The Labute approximate surface area is 123 Å². The highest BCUT2D eigenvalue weighted by Gasteiger charge is 2.09. The first-order valence-electron chi connectivity index (χ1n) is 6.36. The van der Waals surface area contributed by atoms with E-state index >= 15 is 0 Å². The van der Waals surface area contributed by atoms with E-state index < -0.39 is 0 Å². The summed E-state index contributed by atoms with van der Waals surface area (Å²) in [4.78, 5) is 3.59. The lowest BCUT2D eigenvalue weighted by Crippen LogP contribution is -2.20. The molecule has 0 radical (unpaired) electrons. The lowest BCUT2D eigenvalue weighted by molar-refractivity contribution is 0.816. The summed E-state index contributed by atoms with van der Waals surface area (Å²) in [5.74, 6) is 0. The first kappa shape index (κ1) is 14.4. The van der Waals surface area contributed by atoms with Crippen molar-refractivity contribution >= 4 is 28.6 Å². The van der Waals surface area contributed by atoms with Crippen molar-refractivity contribution in [2.45, 2.75) is 19.4 Å². The number of thiophene rings is 1. The largest absolute Gasteiger partial charge is 0.373 e. The Bertz CT molecular complexity index is 523. The molecule has 0 saturated heterocycles. The van der Waals surface area contributed by atoms with E-state index in [0.29, 0.717) is 0 Å². The third-order valence-corrected chi connectivity index (χ3v) is 4.42. The van der Waals surface area contributed by atoms with Crippen LogP contribution in [0.3, 0.4) is 0 Å². The molecule has 0 aliphatic heterocycles. The van der Waals surface area contributed by atoms with Crippen LogP contribution in [0.4, 0.5) is 5.69 Å². The van der Waals surface area contributed by atoms with Crippen LogP contribution in [0.25, 0.3) is 0 Å². The van der Waals surface area contributed by atoms with Crippen LogP contribution in [0, 0.1) is 0 Å². The van der Waals surface area contributed by atoms with Crippen LogP contribution in [0.15, 0.2) is 35.7 Å². The molecule has 1 heterocycles. The van der Waals surface area contributed by atoms with E-state index in [2.05, 4.69) is 35.5 Å². The summed E-state index contributed by atoms with van der Waals surface area (Å²) < 4.78 is 0. The second-order valence-corrected chi connectivity index (χ2v) is 6.19. The Hall–Kier alpha value is -1.03. The van der Waals surface area contributed by atoms with Gasteiger partial charge in [0.05, 0.1) is 10.7 Å². The van der Waals surface area contributed by atoms with E-state index in [4.69, 9.17) is 17.3 Å². The number of hydrogen-bond acceptors (Lipinski definition) is 3. The normalized spacial score (nSPS) is 12.4. The summed E-state index contributed by atoms with van der Waals surface area (Å²) in [6.45, 7) is 2.92. The first-order valence-corrected chi connectivity index (χ1v) is 7.62. The predicted molar refractivity (Wildman–Crippen MR) is 85.3 cm³/mol. The Morgan fingerprint density at radius 2 is 2.16 bits per heavy atom. The number of nitrogens with zero attached hydrogens (tertiary/aromatic N) is 1. The molecule has 0 spiro atoms. The van der Waals surface area contributed by atoms with Crippen molar-refractivity contribution in [3.63, 3.8) is 0 Å². The van der Waals surface area contributed by atoms with Gasteiger partial charge in [0.1, 0.15) is 0 Å². The highest BCUT2D eigenvalue weighted by Crippen LogP contribution is 2.28. The van der Waals surface area contributed by atoms with Gasteiger partial charge in [-0.25, -0.2) is 0 Å². The molecule has 1 atom stereocenters. The number of benzene rings is 1. The average Bonchev–Trinajstić information content (AvgIpc) is 2.88. The number of anilines is 1. The maximum absolute atomic E-state index is 6.33. The average molecular weight is 295 g/mol. The highest BCUT2D eigenvalue weighted by atomic mass is 35.5. The van der Waals surface area contributed by atoms with Crippen molar-refractivity contribution in [1.82, 2.24) is 0 Å². The number of rotatable bonds is 5. The molecule has 0 fully saturated rings. The standard InChI is InChI=1S/C15H19ClN2S/c1-11(17)12-5-6-15(14(16)10-12)18(2)8-7-13-4-3-9-19-13/h3-6,9-11H,7-8,17H2,1-2H3/t11-/m1/s1. The molecule has 0 aliphatic carbocycles. The van der Waals surface area contributed by atoms with Crippen molar-refractivity contribution < 1.29 is 0 Å². The molecule has 0 amide bonds. The molecular formula is C15H19ClN2S. The minimum atomic E-state index is 0.0166. The first-order chi connectivity index (χ1) is 9.08. The summed E-state index contributed by atoms with van der Waals surface area (Å²) in [5.41, 5.74) is 7.99. The SMILES string of the molecule is C[C@@H](N)c1ccc(N(C)CCc2cccs2)c(Cl)c1. The van der Waals surface area contributed by atoms with Crippen molar-refractivity contribution in [2.24, 2.45) is 5.73 Å². The van der Waals surface area contributed by atoms with Crippen molar-refractivity contribution in [3.8, 4) is 0 Å². The number of halogens is 1. The van der Waals surface area contributed by atoms with Gasteiger partial charge >= 0.3 is 0 Å². The van der Waals surface area contributed by atoms with Crippen LogP contribution in [0.1, 0.15) is 23.4 Å². The summed E-state index contributed by atoms with van der Waals surface area (Å²) in [5, 5.41) is 2.88. The number of hydrogen-bond donors (Lipinski definition) is 1. The van der Waals surface area contributed by atoms with Crippen LogP contribution >= 0.6 is 22.9 Å². The van der Waals surface area contributed by atoms with Gasteiger partial charge in [0, 0.05) is 24.5 Å². The molecule has 0 unspecified atom stereocenters. The maximum Gasteiger partial charge on any atom is 0.0642 e. The van der Waals surface area contributed by atoms with Gasteiger partial charge in [-0.1, -0.05) is 23.7 Å². The van der Waals surface area contributed by atoms with Gasteiger partial charge in [0.25, 0.3) is 0 Å². The topological polar surface area (TPSA) is 29.3 Å². The molecule has 2 aromatic rings. The van der Waals surface area contributed by atoms with Gasteiger partial charge < -0.3 is 10.6 Å². The Balaban J connectivity index is 2.04. The molecule has 2 nitrogen and oxygen atoms in total. The number of nitrogens with two attached hydrogens (primary N) is 1.